The van der Waals surface area contributed by atoms with Gasteiger partial charge in [-0.25, -0.2) is 8.42 Å². The second-order valence-electron chi connectivity index (χ2n) is 8.70. The summed E-state index contributed by atoms with van der Waals surface area (Å²) in [6.07, 6.45) is 6.98. The Labute approximate surface area is 174 Å². The first-order valence-corrected chi connectivity index (χ1v) is 12.7. The average molecular weight is 421 g/mol. The second-order valence-corrected chi connectivity index (χ2v) is 10.9. The van der Waals surface area contributed by atoms with Crippen LogP contribution in [0.1, 0.15) is 56.6 Å². The van der Waals surface area contributed by atoms with E-state index in [0.29, 0.717) is 13.0 Å². The van der Waals surface area contributed by atoms with E-state index in [-0.39, 0.29) is 35.5 Å². The maximum atomic E-state index is 13.4. The topological polar surface area (TPSA) is 66.9 Å². The van der Waals surface area contributed by atoms with Gasteiger partial charge in [-0.05, 0) is 56.3 Å². The minimum atomic E-state index is -3.01. The molecule has 2 atom stereocenters. The van der Waals surface area contributed by atoms with Gasteiger partial charge in [0.05, 0.1) is 25.2 Å². The Morgan fingerprint density at radius 1 is 1.07 bits per heavy atom. The molecular formula is C22H32N2O4S. The molecule has 7 heteroatoms. The molecule has 0 unspecified atom stereocenters. The fourth-order valence-corrected chi connectivity index (χ4v) is 7.07. The van der Waals surface area contributed by atoms with Gasteiger partial charge in [0.2, 0.25) is 5.91 Å². The van der Waals surface area contributed by atoms with Gasteiger partial charge in [0, 0.05) is 18.1 Å². The lowest BCUT2D eigenvalue weighted by molar-refractivity contribution is -0.137. The Kier molecular flexibility index (Phi) is 6.16. The lowest BCUT2D eigenvalue weighted by atomic mass is 10.0. The number of amides is 1. The van der Waals surface area contributed by atoms with Crippen LogP contribution < -0.4 is 4.74 Å². The van der Waals surface area contributed by atoms with E-state index in [1.165, 1.54) is 5.56 Å². The third-order valence-electron chi connectivity index (χ3n) is 6.81. The zero-order chi connectivity index (χ0) is 20.4. The zero-order valence-corrected chi connectivity index (χ0v) is 18.1. The standard InChI is InChI=1S/C22H32N2O4S/c1-28-20-10-8-17(9-11-20)21-7-4-13-23(21)15-22(25)24(18-5-2-3-6-18)19-12-14-29(26,27)16-19/h8-11,18-19,21H,2-7,12-16H2,1H3/t19-,21+/m0/s1. The molecule has 4 rings (SSSR count). The molecule has 0 radical (unpaired) electrons. The van der Waals surface area contributed by atoms with Crippen LogP contribution in [0.3, 0.4) is 0 Å². The summed E-state index contributed by atoms with van der Waals surface area (Å²) in [6.45, 7) is 1.29. The minimum Gasteiger partial charge on any atom is -0.497 e. The van der Waals surface area contributed by atoms with Crippen LogP contribution in [0, 0.1) is 0 Å². The maximum Gasteiger partial charge on any atom is 0.237 e. The smallest absolute Gasteiger partial charge is 0.237 e. The van der Waals surface area contributed by atoms with Crippen molar-refractivity contribution in [2.45, 2.75) is 63.1 Å². The van der Waals surface area contributed by atoms with Crippen molar-refractivity contribution in [3.63, 3.8) is 0 Å². The Morgan fingerprint density at radius 3 is 2.41 bits per heavy atom. The fraction of sp³-hybridized carbons (Fsp3) is 0.682. The highest BCUT2D eigenvalue weighted by atomic mass is 32.2. The number of likely N-dealkylation sites (tertiary alicyclic amines) is 1. The monoisotopic (exact) mass is 420 g/mol. The van der Waals surface area contributed by atoms with Crippen LogP contribution >= 0.6 is 0 Å². The normalized spacial score (nSPS) is 27.3. The number of nitrogens with zero attached hydrogens (tertiary/aromatic N) is 2. The van der Waals surface area contributed by atoms with E-state index in [4.69, 9.17) is 4.74 Å². The molecule has 3 aliphatic rings. The van der Waals surface area contributed by atoms with E-state index in [0.717, 1.165) is 50.8 Å². The third kappa shape index (κ3) is 4.61. The number of benzene rings is 1. The number of carbonyl (C=O) groups excluding carboxylic acids is 1. The summed E-state index contributed by atoms with van der Waals surface area (Å²) in [7, 11) is -1.35. The molecule has 0 spiro atoms. The molecule has 1 amide bonds. The fourth-order valence-electron chi connectivity index (χ4n) is 5.36. The number of carbonyl (C=O) groups is 1. The van der Waals surface area contributed by atoms with Gasteiger partial charge in [-0.15, -0.1) is 0 Å². The predicted molar refractivity (Wildman–Crippen MR) is 113 cm³/mol. The van der Waals surface area contributed by atoms with Crippen molar-refractivity contribution in [2.75, 3.05) is 31.7 Å². The highest BCUT2D eigenvalue weighted by Gasteiger charge is 2.40. The van der Waals surface area contributed by atoms with Gasteiger partial charge in [0.15, 0.2) is 9.84 Å². The molecule has 1 aromatic rings. The summed E-state index contributed by atoms with van der Waals surface area (Å²) >= 11 is 0. The Balaban J connectivity index is 1.48. The Morgan fingerprint density at radius 2 is 1.79 bits per heavy atom. The molecule has 0 aromatic heterocycles. The lowest BCUT2D eigenvalue weighted by Crippen LogP contribution is -2.50. The van der Waals surface area contributed by atoms with Crippen LogP contribution in [0.2, 0.25) is 0 Å². The number of methoxy groups -OCH3 is 1. The van der Waals surface area contributed by atoms with Gasteiger partial charge in [0.25, 0.3) is 0 Å². The first kappa shape index (κ1) is 20.7. The van der Waals surface area contributed by atoms with Crippen LogP contribution in [-0.4, -0.2) is 67.9 Å². The van der Waals surface area contributed by atoms with Crippen molar-refractivity contribution < 1.29 is 17.9 Å². The molecule has 1 aromatic carbocycles. The van der Waals surface area contributed by atoms with E-state index >= 15 is 0 Å². The van der Waals surface area contributed by atoms with Crippen molar-refractivity contribution in [1.29, 1.82) is 0 Å². The Hall–Kier alpha value is -1.60. The van der Waals surface area contributed by atoms with Crippen molar-refractivity contribution in [3.05, 3.63) is 29.8 Å². The highest BCUT2D eigenvalue weighted by Crippen LogP contribution is 2.34. The van der Waals surface area contributed by atoms with Gasteiger partial charge >= 0.3 is 0 Å². The summed E-state index contributed by atoms with van der Waals surface area (Å²) in [4.78, 5) is 17.7. The number of hydrogen-bond acceptors (Lipinski definition) is 5. The minimum absolute atomic E-state index is 0.111. The molecule has 3 fully saturated rings. The summed E-state index contributed by atoms with van der Waals surface area (Å²) in [5.41, 5.74) is 1.21. The molecule has 1 aliphatic carbocycles. The van der Waals surface area contributed by atoms with Crippen LogP contribution in [0.5, 0.6) is 5.75 Å². The maximum absolute atomic E-state index is 13.4. The molecule has 0 bridgehead atoms. The summed E-state index contributed by atoms with van der Waals surface area (Å²) in [6, 6.07) is 8.43. The SMILES string of the molecule is COc1ccc([C@H]2CCCN2CC(=O)N(C2CCCC2)[C@H]2CCS(=O)(=O)C2)cc1. The van der Waals surface area contributed by atoms with E-state index in [9.17, 15) is 13.2 Å². The zero-order valence-electron chi connectivity index (χ0n) is 17.3. The first-order valence-electron chi connectivity index (χ1n) is 10.9. The van der Waals surface area contributed by atoms with Crippen molar-refractivity contribution >= 4 is 15.7 Å². The van der Waals surface area contributed by atoms with Gasteiger partial charge in [-0.3, -0.25) is 9.69 Å². The number of ether oxygens (including phenoxy) is 1. The van der Waals surface area contributed by atoms with Crippen molar-refractivity contribution in [2.24, 2.45) is 0 Å². The quantitative estimate of drug-likeness (QED) is 0.708. The molecular weight excluding hydrogens is 388 g/mol. The van der Waals surface area contributed by atoms with Gasteiger partial charge in [-0.1, -0.05) is 25.0 Å². The van der Waals surface area contributed by atoms with Gasteiger partial charge in [-0.2, -0.15) is 0 Å². The molecule has 6 nitrogen and oxygen atoms in total. The lowest BCUT2D eigenvalue weighted by Gasteiger charge is -2.36. The molecule has 2 aliphatic heterocycles. The van der Waals surface area contributed by atoms with Crippen LogP contribution in [-0.2, 0) is 14.6 Å². The molecule has 2 saturated heterocycles. The predicted octanol–water partition coefficient (Wildman–Crippen LogP) is 2.79. The Bertz CT molecular complexity index is 818. The summed E-state index contributed by atoms with van der Waals surface area (Å²) in [5, 5.41) is 0. The molecule has 1 saturated carbocycles. The van der Waals surface area contributed by atoms with E-state index in [2.05, 4.69) is 17.0 Å². The number of hydrogen-bond donors (Lipinski definition) is 0. The van der Waals surface area contributed by atoms with Crippen LogP contribution in [0.25, 0.3) is 0 Å². The molecule has 29 heavy (non-hydrogen) atoms. The van der Waals surface area contributed by atoms with Gasteiger partial charge < -0.3 is 9.64 Å². The molecule has 0 N–H and O–H groups in total. The van der Waals surface area contributed by atoms with E-state index < -0.39 is 9.84 Å². The van der Waals surface area contributed by atoms with Crippen molar-refractivity contribution in [3.8, 4) is 5.75 Å². The average Bonchev–Trinajstić information content (AvgIpc) is 3.44. The second kappa shape index (κ2) is 8.64. The highest BCUT2D eigenvalue weighted by molar-refractivity contribution is 7.91. The summed E-state index contributed by atoms with van der Waals surface area (Å²) < 4.78 is 29.4. The van der Waals surface area contributed by atoms with Crippen LogP contribution in [0.15, 0.2) is 24.3 Å². The third-order valence-corrected chi connectivity index (χ3v) is 8.56. The van der Waals surface area contributed by atoms with Gasteiger partial charge in [0.1, 0.15) is 5.75 Å². The number of rotatable bonds is 6. The first-order chi connectivity index (χ1) is 14.0. The van der Waals surface area contributed by atoms with Crippen molar-refractivity contribution in [1.82, 2.24) is 9.80 Å². The molecule has 160 valence electrons. The largest absolute Gasteiger partial charge is 0.497 e. The number of sulfone groups is 1. The van der Waals surface area contributed by atoms with E-state index in [1.807, 2.05) is 17.0 Å². The van der Waals surface area contributed by atoms with Crippen LogP contribution in [0.4, 0.5) is 0 Å². The molecule has 2 heterocycles. The van der Waals surface area contributed by atoms with E-state index in [1.54, 1.807) is 7.11 Å². The summed E-state index contributed by atoms with van der Waals surface area (Å²) in [5.74, 6) is 1.30.